The third-order valence-corrected chi connectivity index (χ3v) is 3.53. The fourth-order valence-corrected chi connectivity index (χ4v) is 2.16. The summed E-state index contributed by atoms with van der Waals surface area (Å²) < 4.78 is 4.70. The van der Waals surface area contributed by atoms with E-state index in [2.05, 4.69) is 5.32 Å². The molecule has 7 nitrogen and oxygen atoms in total. The molecule has 1 amide bonds. The van der Waals surface area contributed by atoms with Crippen LogP contribution >= 0.6 is 0 Å². The van der Waals surface area contributed by atoms with E-state index in [1.54, 1.807) is 43.3 Å². The van der Waals surface area contributed by atoms with Crippen LogP contribution in [0, 0.1) is 17.0 Å². The Labute approximate surface area is 144 Å². The number of carbonyl (C=O) groups excluding carboxylic acids is 2. The smallest absolute Gasteiger partial charge is 0.338 e. The third kappa shape index (κ3) is 4.51. The molecule has 128 valence electrons. The lowest BCUT2D eigenvalue weighted by atomic mass is 10.1. The second kappa shape index (κ2) is 7.87. The van der Waals surface area contributed by atoms with Crippen molar-refractivity contribution in [2.75, 3.05) is 12.4 Å². The number of methoxy groups -OCH3 is 1. The molecule has 0 aliphatic carbocycles. The van der Waals surface area contributed by atoms with Crippen LogP contribution in [0.15, 0.2) is 48.5 Å². The van der Waals surface area contributed by atoms with Gasteiger partial charge in [-0.05, 0) is 48.4 Å². The van der Waals surface area contributed by atoms with Gasteiger partial charge in [0.05, 0.1) is 17.6 Å². The normalized spacial score (nSPS) is 10.5. The van der Waals surface area contributed by atoms with Gasteiger partial charge in [-0.15, -0.1) is 0 Å². The molecule has 0 saturated heterocycles. The van der Waals surface area contributed by atoms with Gasteiger partial charge < -0.3 is 10.1 Å². The number of anilines is 1. The maximum atomic E-state index is 12.0. The number of nitrogens with one attached hydrogen (secondary N) is 1. The Kier molecular flexibility index (Phi) is 5.62. The summed E-state index contributed by atoms with van der Waals surface area (Å²) in [6.45, 7) is 1.71. The first-order valence-electron chi connectivity index (χ1n) is 7.34. The molecule has 0 heterocycles. The van der Waals surface area contributed by atoms with Gasteiger partial charge in [0.15, 0.2) is 0 Å². The van der Waals surface area contributed by atoms with E-state index in [0.29, 0.717) is 22.4 Å². The number of benzene rings is 2. The van der Waals surface area contributed by atoms with E-state index in [0.717, 1.165) is 0 Å². The summed E-state index contributed by atoms with van der Waals surface area (Å²) in [7, 11) is 1.29. The molecule has 1 N–H and O–H groups in total. The van der Waals surface area contributed by atoms with Crippen molar-refractivity contribution in [3.8, 4) is 0 Å². The molecule has 0 aliphatic heterocycles. The maximum absolute atomic E-state index is 12.0. The molecule has 0 bridgehead atoms. The van der Waals surface area contributed by atoms with Crippen LogP contribution in [0.25, 0.3) is 6.08 Å². The van der Waals surface area contributed by atoms with Gasteiger partial charge in [-0.25, -0.2) is 4.79 Å². The molecule has 0 unspecified atom stereocenters. The lowest BCUT2D eigenvalue weighted by molar-refractivity contribution is -0.384. The number of carbonyl (C=O) groups is 2. The Morgan fingerprint density at radius 2 is 1.84 bits per heavy atom. The molecular formula is C18H16N2O5. The summed E-state index contributed by atoms with van der Waals surface area (Å²) in [5, 5.41) is 13.3. The van der Waals surface area contributed by atoms with Gasteiger partial charge >= 0.3 is 5.97 Å². The summed E-state index contributed by atoms with van der Waals surface area (Å²) in [6.07, 6.45) is 2.85. The van der Waals surface area contributed by atoms with Crippen molar-refractivity contribution in [2.45, 2.75) is 6.92 Å². The second-order valence-electron chi connectivity index (χ2n) is 5.14. The highest BCUT2D eigenvalue weighted by atomic mass is 16.6. The van der Waals surface area contributed by atoms with Gasteiger partial charge in [0.25, 0.3) is 5.69 Å². The summed E-state index contributed by atoms with van der Waals surface area (Å²) in [4.78, 5) is 33.8. The van der Waals surface area contributed by atoms with E-state index in [9.17, 15) is 19.7 Å². The molecule has 0 radical (unpaired) electrons. The number of ether oxygens (including phenoxy) is 1. The average molecular weight is 340 g/mol. The van der Waals surface area contributed by atoms with Crippen molar-refractivity contribution in [3.63, 3.8) is 0 Å². The summed E-state index contributed by atoms with van der Waals surface area (Å²) in [5.74, 6) is -0.863. The zero-order chi connectivity index (χ0) is 18.4. The van der Waals surface area contributed by atoms with Crippen molar-refractivity contribution < 1.29 is 19.2 Å². The Hall–Kier alpha value is -3.48. The topological polar surface area (TPSA) is 98.5 Å². The van der Waals surface area contributed by atoms with E-state index in [1.807, 2.05) is 0 Å². The number of rotatable bonds is 5. The van der Waals surface area contributed by atoms with E-state index < -0.39 is 10.9 Å². The highest BCUT2D eigenvalue weighted by Crippen LogP contribution is 2.20. The Balaban J connectivity index is 2.10. The minimum absolute atomic E-state index is 0.0168. The monoisotopic (exact) mass is 340 g/mol. The molecule has 0 aliphatic rings. The maximum Gasteiger partial charge on any atom is 0.338 e. The molecule has 2 aromatic carbocycles. The lowest BCUT2D eigenvalue weighted by Crippen LogP contribution is -2.11. The molecule has 2 rings (SSSR count). The van der Waals surface area contributed by atoms with Gasteiger partial charge in [0.1, 0.15) is 0 Å². The number of esters is 1. The first-order chi connectivity index (χ1) is 11.9. The number of hydrogen-bond acceptors (Lipinski definition) is 5. The molecule has 0 aromatic heterocycles. The standard InChI is InChI=1S/C18H16N2O5/c1-12-15(18(22)25-2)4-3-5-16(12)19-17(21)11-8-13-6-9-14(10-7-13)20(23)24/h3-11H,1-2H3,(H,19,21)/b11-8+. The fourth-order valence-electron chi connectivity index (χ4n) is 2.16. The van der Waals surface area contributed by atoms with E-state index >= 15 is 0 Å². The first-order valence-corrected chi connectivity index (χ1v) is 7.34. The van der Waals surface area contributed by atoms with Gasteiger partial charge in [0, 0.05) is 23.9 Å². The summed E-state index contributed by atoms with van der Waals surface area (Å²) in [6, 6.07) is 10.8. The van der Waals surface area contributed by atoms with Crippen LogP contribution in [0.1, 0.15) is 21.5 Å². The minimum atomic E-state index is -0.489. The Morgan fingerprint density at radius 3 is 2.44 bits per heavy atom. The van der Waals surface area contributed by atoms with Crippen LogP contribution < -0.4 is 5.32 Å². The van der Waals surface area contributed by atoms with Crippen molar-refractivity contribution in [3.05, 3.63) is 75.3 Å². The molecule has 7 heteroatoms. The molecule has 0 fully saturated rings. The summed E-state index contributed by atoms with van der Waals surface area (Å²) in [5.41, 5.74) is 2.12. The van der Waals surface area contributed by atoms with Crippen LogP contribution in [-0.2, 0) is 9.53 Å². The summed E-state index contributed by atoms with van der Waals surface area (Å²) >= 11 is 0. The van der Waals surface area contributed by atoms with Crippen LogP contribution in [0.4, 0.5) is 11.4 Å². The van der Waals surface area contributed by atoms with Crippen molar-refractivity contribution in [1.29, 1.82) is 0 Å². The highest BCUT2D eigenvalue weighted by Gasteiger charge is 2.12. The number of amides is 1. The first kappa shape index (κ1) is 17.9. The van der Waals surface area contributed by atoms with Crippen molar-refractivity contribution in [1.82, 2.24) is 0 Å². The Morgan fingerprint density at radius 1 is 1.16 bits per heavy atom. The zero-order valence-corrected chi connectivity index (χ0v) is 13.7. The van der Waals surface area contributed by atoms with Crippen LogP contribution in [0.5, 0.6) is 0 Å². The SMILES string of the molecule is COC(=O)c1cccc(NC(=O)/C=C/c2ccc([N+](=O)[O-])cc2)c1C. The molecule has 0 saturated carbocycles. The number of nitro benzene ring substituents is 1. The van der Waals surface area contributed by atoms with E-state index in [-0.39, 0.29) is 11.6 Å². The minimum Gasteiger partial charge on any atom is -0.465 e. The molecular weight excluding hydrogens is 324 g/mol. The zero-order valence-electron chi connectivity index (χ0n) is 13.7. The number of non-ortho nitro benzene ring substituents is 1. The molecule has 0 spiro atoms. The quantitative estimate of drug-likeness (QED) is 0.389. The number of hydrogen-bond donors (Lipinski definition) is 1. The van der Waals surface area contributed by atoms with Gasteiger partial charge in [-0.3, -0.25) is 14.9 Å². The van der Waals surface area contributed by atoms with Crippen molar-refractivity contribution >= 4 is 29.3 Å². The molecule has 0 atom stereocenters. The Bertz CT molecular complexity index is 841. The predicted molar refractivity (Wildman–Crippen MR) is 93.3 cm³/mol. The largest absolute Gasteiger partial charge is 0.465 e. The van der Waals surface area contributed by atoms with Gasteiger partial charge in [-0.2, -0.15) is 0 Å². The van der Waals surface area contributed by atoms with Crippen LogP contribution in [0.3, 0.4) is 0 Å². The van der Waals surface area contributed by atoms with Gasteiger partial charge in [0.2, 0.25) is 5.91 Å². The fraction of sp³-hybridized carbons (Fsp3) is 0.111. The van der Waals surface area contributed by atoms with Crippen LogP contribution in [-0.4, -0.2) is 23.9 Å². The molecule has 2 aromatic rings. The second-order valence-corrected chi connectivity index (χ2v) is 5.14. The van der Waals surface area contributed by atoms with Gasteiger partial charge in [-0.1, -0.05) is 6.07 Å². The van der Waals surface area contributed by atoms with E-state index in [4.69, 9.17) is 4.74 Å². The number of nitro groups is 1. The lowest BCUT2D eigenvalue weighted by Gasteiger charge is -2.10. The predicted octanol–water partition coefficient (Wildman–Crippen LogP) is 3.34. The molecule has 25 heavy (non-hydrogen) atoms. The third-order valence-electron chi connectivity index (χ3n) is 3.53. The average Bonchev–Trinajstić information content (AvgIpc) is 2.61. The highest BCUT2D eigenvalue weighted by molar-refractivity contribution is 6.03. The van der Waals surface area contributed by atoms with E-state index in [1.165, 1.54) is 25.3 Å². The van der Waals surface area contributed by atoms with Crippen LogP contribution in [0.2, 0.25) is 0 Å². The van der Waals surface area contributed by atoms with Crippen molar-refractivity contribution in [2.24, 2.45) is 0 Å². The number of nitrogens with zero attached hydrogens (tertiary/aromatic N) is 1.